The molecule has 17 heavy (non-hydrogen) atoms. The van der Waals surface area contributed by atoms with Gasteiger partial charge in [0.05, 0.1) is 18.2 Å². The Labute approximate surface area is 94.4 Å². The van der Waals surface area contributed by atoms with Crippen molar-refractivity contribution in [3.8, 4) is 0 Å². The lowest BCUT2D eigenvalue weighted by atomic mass is 10.1. The lowest BCUT2D eigenvalue weighted by Crippen LogP contribution is -2.09. The number of methoxy groups -OCH3 is 1. The minimum absolute atomic E-state index is 0.105. The van der Waals surface area contributed by atoms with Gasteiger partial charge in [0.1, 0.15) is 0 Å². The summed E-state index contributed by atoms with van der Waals surface area (Å²) < 4.78 is 29.3. The van der Waals surface area contributed by atoms with Crippen LogP contribution in [-0.4, -0.2) is 23.0 Å². The number of hydrogen-bond acceptors (Lipinski definition) is 5. The number of pyridine rings is 1. The molecule has 8 heteroatoms. The zero-order valence-corrected chi connectivity index (χ0v) is 8.94. The van der Waals surface area contributed by atoms with E-state index in [1.807, 2.05) is 0 Å². The lowest BCUT2D eigenvalue weighted by molar-refractivity contribution is -0.390. The van der Waals surface area contributed by atoms with Crippen molar-refractivity contribution in [2.24, 2.45) is 0 Å². The second kappa shape index (κ2) is 4.81. The molecule has 6 nitrogen and oxygen atoms in total. The van der Waals surface area contributed by atoms with E-state index in [9.17, 15) is 23.7 Å². The lowest BCUT2D eigenvalue weighted by Gasteiger charge is -2.05. The SMILES string of the molecule is COC(=O)c1cc(C(F)F)nc([N+](=O)[O-])c1C. The second-order valence-electron chi connectivity index (χ2n) is 3.09. The molecule has 0 radical (unpaired) electrons. The van der Waals surface area contributed by atoms with Crippen LogP contribution in [0.3, 0.4) is 0 Å². The minimum atomic E-state index is -3.00. The van der Waals surface area contributed by atoms with Crippen LogP contribution in [-0.2, 0) is 4.74 Å². The third-order valence-corrected chi connectivity index (χ3v) is 2.07. The molecular formula is C9H8F2N2O4. The highest BCUT2D eigenvalue weighted by Gasteiger charge is 2.27. The van der Waals surface area contributed by atoms with Crippen LogP contribution >= 0.6 is 0 Å². The number of alkyl halides is 2. The zero-order valence-electron chi connectivity index (χ0n) is 8.94. The number of rotatable bonds is 3. The summed E-state index contributed by atoms with van der Waals surface area (Å²) in [6.45, 7) is 1.24. The number of nitrogens with zero attached hydrogens (tertiary/aromatic N) is 2. The summed E-state index contributed by atoms with van der Waals surface area (Å²) in [6, 6.07) is 0.791. The van der Waals surface area contributed by atoms with Crippen molar-refractivity contribution in [2.45, 2.75) is 13.3 Å². The van der Waals surface area contributed by atoms with Crippen molar-refractivity contribution < 1.29 is 23.2 Å². The highest BCUT2D eigenvalue weighted by atomic mass is 19.3. The largest absolute Gasteiger partial charge is 0.465 e. The van der Waals surface area contributed by atoms with Gasteiger partial charge in [-0.15, -0.1) is 0 Å². The highest BCUT2D eigenvalue weighted by Crippen LogP contribution is 2.26. The number of nitro groups is 1. The summed E-state index contributed by atoms with van der Waals surface area (Å²) >= 11 is 0. The Morgan fingerprint density at radius 2 is 2.18 bits per heavy atom. The molecule has 0 aliphatic rings. The Morgan fingerprint density at radius 1 is 1.59 bits per heavy atom. The summed E-state index contributed by atoms with van der Waals surface area (Å²) in [6.07, 6.45) is -3.00. The van der Waals surface area contributed by atoms with E-state index in [0.29, 0.717) is 0 Å². The van der Waals surface area contributed by atoms with Gasteiger partial charge in [-0.1, -0.05) is 0 Å². The number of hydrogen-bond donors (Lipinski definition) is 0. The third kappa shape index (κ3) is 2.52. The number of carbonyl (C=O) groups is 1. The standard InChI is InChI=1S/C9H8F2N2O4/c1-4-5(9(14)17-2)3-6(7(10)11)12-8(4)13(15)16/h3,7H,1-2H3. The van der Waals surface area contributed by atoms with Gasteiger partial charge in [0, 0.05) is 6.07 Å². The first-order valence-electron chi connectivity index (χ1n) is 4.40. The maximum absolute atomic E-state index is 12.5. The predicted molar refractivity (Wildman–Crippen MR) is 51.9 cm³/mol. The van der Waals surface area contributed by atoms with Crippen molar-refractivity contribution in [3.63, 3.8) is 0 Å². The van der Waals surface area contributed by atoms with Crippen molar-refractivity contribution in [2.75, 3.05) is 7.11 Å². The Balaban J connectivity index is 3.48. The molecule has 0 N–H and O–H groups in total. The van der Waals surface area contributed by atoms with Gasteiger partial charge in [-0.3, -0.25) is 0 Å². The van der Waals surface area contributed by atoms with Crippen molar-refractivity contribution in [1.82, 2.24) is 4.98 Å². The van der Waals surface area contributed by atoms with E-state index < -0.39 is 28.8 Å². The van der Waals surface area contributed by atoms with Crippen LogP contribution < -0.4 is 0 Å². The average Bonchev–Trinajstić information content (AvgIpc) is 2.27. The van der Waals surface area contributed by atoms with Crippen LogP contribution in [0.2, 0.25) is 0 Å². The fourth-order valence-corrected chi connectivity index (χ4v) is 1.23. The fraction of sp³-hybridized carbons (Fsp3) is 0.333. The van der Waals surface area contributed by atoms with E-state index >= 15 is 0 Å². The van der Waals surface area contributed by atoms with Gasteiger partial charge in [0.2, 0.25) is 5.69 Å². The zero-order chi connectivity index (χ0) is 13.2. The van der Waals surface area contributed by atoms with Crippen LogP contribution in [0.5, 0.6) is 0 Å². The number of aromatic nitrogens is 1. The molecule has 0 fully saturated rings. The topological polar surface area (TPSA) is 82.3 Å². The van der Waals surface area contributed by atoms with Gasteiger partial charge in [0.25, 0.3) is 0 Å². The van der Waals surface area contributed by atoms with E-state index in [-0.39, 0.29) is 11.1 Å². The number of halogens is 2. The molecule has 1 aromatic rings. The van der Waals surface area contributed by atoms with Gasteiger partial charge in [-0.2, -0.15) is 0 Å². The number of carbonyl (C=O) groups excluding carboxylic acids is 1. The predicted octanol–water partition coefficient (Wildman–Crippen LogP) is 2.02. The van der Waals surface area contributed by atoms with Crippen molar-refractivity contribution >= 4 is 11.8 Å². The highest BCUT2D eigenvalue weighted by molar-refractivity contribution is 5.91. The maximum Gasteiger partial charge on any atom is 0.367 e. The van der Waals surface area contributed by atoms with Gasteiger partial charge >= 0.3 is 18.2 Å². The van der Waals surface area contributed by atoms with Crippen molar-refractivity contribution in [1.29, 1.82) is 0 Å². The molecule has 1 rings (SSSR count). The van der Waals surface area contributed by atoms with E-state index in [4.69, 9.17) is 0 Å². The van der Waals surface area contributed by atoms with E-state index in [1.165, 1.54) is 6.92 Å². The van der Waals surface area contributed by atoms with E-state index in [1.54, 1.807) is 0 Å². The summed E-state index contributed by atoms with van der Waals surface area (Å²) in [5.74, 6) is -1.70. The summed E-state index contributed by atoms with van der Waals surface area (Å²) in [5, 5.41) is 10.6. The van der Waals surface area contributed by atoms with Gasteiger partial charge in [-0.25, -0.2) is 13.6 Å². The van der Waals surface area contributed by atoms with Crippen molar-refractivity contribution in [3.05, 3.63) is 33.0 Å². The molecule has 0 aromatic carbocycles. The Hall–Kier alpha value is -2.12. The Bertz CT molecular complexity index is 476. The number of ether oxygens (including phenoxy) is 1. The average molecular weight is 246 g/mol. The second-order valence-corrected chi connectivity index (χ2v) is 3.09. The van der Waals surface area contributed by atoms with Gasteiger partial charge < -0.3 is 14.9 Å². The van der Waals surface area contributed by atoms with E-state index in [2.05, 4.69) is 9.72 Å². The molecule has 0 bridgehead atoms. The molecule has 0 spiro atoms. The van der Waals surface area contributed by atoms with Gasteiger partial charge in [-0.05, 0) is 16.8 Å². The molecular weight excluding hydrogens is 238 g/mol. The van der Waals surface area contributed by atoms with E-state index in [0.717, 1.165) is 13.2 Å². The monoisotopic (exact) mass is 246 g/mol. The van der Waals surface area contributed by atoms with Gasteiger partial charge in [0.15, 0.2) is 0 Å². The number of esters is 1. The Morgan fingerprint density at radius 3 is 2.59 bits per heavy atom. The maximum atomic E-state index is 12.5. The van der Waals surface area contributed by atoms with Crippen LogP contribution in [0.1, 0.15) is 28.0 Å². The normalized spacial score (nSPS) is 10.4. The molecule has 0 aliphatic heterocycles. The fourth-order valence-electron chi connectivity index (χ4n) is 1.23. The first kappa shape index (κ1) is 12.9. The molecule has 0 saturated heterocycles. The minimum Gasteiger partial charge on any atom is -0.465 e. The molecule has 92 valence electrons. The van der Waals surface area contributed by atoms with Crippen LogP contribution in [0.15, 0.2) is 6.07 Å². The Kier molecular flexibility index (Phi) is 3.66. The quantitative estimate of drug-likeness (QED) is 0.463. The van der Waals surface area contributed by atoms with Crippen LogP contribution in [0.4, 0.5) is 14.6 Å². The molecule has 0 atom stereocenters. The summed E-state index contributed by atoms with van der Waals surface area (Å²) in [5.41, 5.74) is -1.22. The van der Waals surface area contributed by atoms with Crippen LogP contribution in [0.25, 0.3) is 0 Å². The first-order valence-corrected chi connectivity index (χ1v) is 4.40. The molecule has 0 amide bonds. The summed E-state index contributed by atoms with van der Waals surface area (Å²) in [7, 11) is 1.05. The third-order valence-electron chi connectivity index (χ3n) is 2.07. The molecule has 0 saturated carbocycles. The smallest absolute Gasteiger partial charge is 0.367 e. The van der Waals surface area contributed by atoms with Crippen LogP contribution in [0, 0.1) is 17.0 Å². The summed E-state index contributed by atoms with van der Waals surface area (Å²) in [4.78, 5) is 24.1. The molecule has 0 unspecified atom stereocenters. The first-order chi connectivity index (χ1) is 7.88. The molecule has 0 aliphatic carbocycles. The molecule has 1 heterocycles. The molecule has 1 aromatic heterocycles.